The minimum absolute atomic E-state index is 0.488. The second-order valence-electron chi connectivity index (χ2n) is 3.55. The van der Waals surface area contributed by atoms with Crippen molar-refractivity contribution in [3.05, 3.63) is 64.1 Å². The van der Waals surface area contributed by atoms with Crippen molar-refractivity contribution in [3.8, 4) is 5.75 Å². The van der Waals surface area contributed by atoms with E-state index in [1.807, 2.05) is 36.4 Å². The normalized spacial score (nSPS) is 9.94. The number of hydrogen-bond acceptors (Lipinski definition) is 2. The molecule has 17 heavy (non-hydrogen) atoms. The molecule has 0 amide bonds. The highest BCUT2D eigenvalue weighted by Crippen LogP contribution is 2.28. The molecule has 0 aromatic heterocycles. The highest BCUT2D eigenvalue weighted by molar-refractivity contribution is 9.10. The second-order valence-corrected chi connectivity index (χ2v) is 4.34. The molecule has 0 saturated heterocycles. The van der Waals surface area contributed by atoms with E-state index in [2.05, 4.69) is 15.9 Å². The number of ether oxygens (including phenoxy) is 1. The maximum atomic E-state index is 10.8. The predicted molar refractivity (Wildman–Crippen MR) is 70.3 cm³/mol. The topological polar surface area (TPSA) is 26.3 Å². The summed E-state index contributed by atoms with van der Waals surface area (Å²) in [5.74, 6) is 0.679. The molecule has 0 aliphatic rings. The largest absolute Gasteiger partial charge is 0.488 e. The predicted octanol–water partition coefficient (Wildman–Crippen LogP) is 3.84. The molecule has 0 radical (unpaired) electrons. The summed E-state index contributed by atoms with van der Waals surface area (Å²) >= 11 is 3.36. The van der Waals surface area contributed by atoms with Crippen LogP contribution in [-0.4, -0.2) is 6.29 Å². The zero-order valence-corrected chi connectivity index (χ0v) is 10.7. The van der Waals surface area contributed by atoms with Crippen molar-refractivity contribution in [2.45, 2.75) is 6.61 Å². The fourth-order valence-electron chi connectivity index (χ4n) is 1.47. The van der Waals surface area contributed by atoms with Crippen LogP contribution in [0, 0.1) is 0 Å². The molecule has 2 rings (SSSR count). The summed E-state index contributed by atoms with van der Waals surface area (Å²) in [7, 11) is 0. The van der Waals surface area contributed by atoms with E-state index in [9.17, 15) is 4.79 Å². The summed E-state index contributed by atoms with van der Waals surface area (Å²) in [6.45, 7) is 0.488. The van der Waals surface area contributed by atoms with Crippen LogP contribution in [0.1, 0.15) is 15.9 Å². The Hall–Kier alpha value is -1.61. The average molecular weight is 291 g/mol. The van der Waals surface area contributed by atoms with E-state index in [0.717, 1.165) is 11.8 Å². The lowest BCUT2D eigenvalue weighted by Gasteiger charge is -2.09. The first-order chi connectivity index (χ1) is 8.31. The summed E-state index contributed by atoms with van der Waals surface area (Å²) < 4.78 is 6.36. The van der Waals surface area contributed by atoms with Gasteiger partial charge in [0, 0.05) is 5.56 Å². The summed E-state index contributed by atoms with van der Waals surface area (Å²) in [4.78, 5) is 10.8. The number of benzene rings is 2. The summed E-state index contributed by atoms with van der Waals surface area (Å²) in [5.41, 5.74) is 1.69. The third kappa shape index (κ3) is 2.94. The van der Waals surface area contributed by atoms with Crippen LogP contribution in [0.3, 0.4) is 0 Å². The Balaban J connectivity index is 2.12. The Kier molecular flexibility index (Phi) is 3.94. The Morgan fingerprint density at radius 2 is 1.82 bits per heavy atom. The number of carbonyl (C=O) groups is 1. The van der Waals surface area contributed by atoms with E-state index in [4.69, 9.17) is 4.74 Å². The van der Waals surface area contributed by atoms with Gasteiger partial charge in [0.25, 0.3) is 0 Å². The van der Waals surface area contributed by atoms with Crippen LogP contribution in [0.2, 0.25) is 0 Å². The molecule has 0 heterocycles. The first-order valence-electron chi connectivity index (χ1n) is 5.21. The molecule has 3 heteroatoms. The molecule has 2 aromatic carbocycles. The molecule has 0 atom stereocenters. The molecule has 2 aromatic rings. The van der Waals surface area contributed by atoms with Gasteiger partial charge in [0.1, 0.15) is 12.4 Å². The van der Waals surface area contributed by atoms with Crippen LogP contribution in [0.25, 0.3) is 0 Å². The lowest BCUT2D eigenvalue weighted by atomic mass is 10.2. The van der Waals surface area contributed by atoms with Crippen LogP contribution in [0.15, 0.2) is 53.0 Å². The molecule has 0 saturated carbocycles. The number of rotatable bonds is 4. The number of halogens is 1. The van der Waals surface area contributed by atoms with Crippen molar-refractivity contribution in [2.24, 2.45) is 0 Å². The minimum atomic E-state index is 0.488. The van der Waals surface area contributed by atoms with Crippen LogP contribution >= 0.6 is 15.9 Å². The van der Waals surface area contributed by atoms with E-state index >= 15 is 0 Å². The third-order valence-corrected chi connectivity index (χ3v) is 3.21. The Labute approximate surface area is 108 Å². The molecule has 0 N–H and O–H groups in total. The van der Waals surface area contributed by atoms with Crippen molar-refractivity contribution in [3.63, 3.8) is 0 Å². The maximum absolute atomic E-state index is 10.8. The second kappa shape index (κ2) is 5.64. The molecule has 0 spiro atoms. The summed E-state index contributed by atoms with van der Waals surface area (Å²) in [6, 6.07) is 15.3. The van der Waals surface area contributed by atoms with Gasteiger partial charge in [-0.25, -0.2) is 0 Å². The summed E-state index contributed by atoms with van der Waals surface area (Å²) in [5, 5.41) is 0. The van der Waals surface area contributed by atoms with Crippen LogP contribution in [0.4, 0.5) is 0 Å². The van der Waals surface area contributed by atoms with Gasteiger partial charge in [0.05, 0.1) is 4.47 Å². The van der Waals surface area contributed by atoms with Crippen molar-refractivity contribution in [1.82, 2.24) is 0 Å². The highest BCUT2D eigenvalue weighted by atomic mass is 79.9. The van der Waals surface area contributed by atoms with Crippen LogP contribution in [0.5, 0.6) is 5.75 Å². The van der Waals surface area contributed by atoms with E-state index in [-0.39, 0.29) is 0 Å². The Bertz CT molecular complexity index is 509. The molecule has 86 valence electrons. The Morgan fingerprint density at radius 3 is 2.53 bits per heavy atom. The molecule has 0 fully saturated rings. The molecule has 0 aliphatic carbocycles. The van der Waals surface area contributed by atoms with E-state index in [1.54, 1.807) is 12.1 Å². The molecule has 0 unspecified atom stereocenters. The van der Waals surface area contributed by atoms with E-state index < -0.39 is 0 Å². The molecule has 0 aliphatic heterocycles. The molecule has 0 bridgehead atoms. The number of carbonyl (C=O) groups excluding carboxylic acids is 1. The first kappa shape index (κ1) is 11.9. The third-order valence-electron chi connectivity index (χ3n) is 2.36. The van der Waals surface area contributed by atoms with Crippen LogP contribution in [-0.2, 0) is 6.61 Å². The first-order valence-corrected chi connectivity index (χ1v) is 6.01. The maximum Gasteiger partial charge on any atom is 0.151 e. The van der Waals surface area contributed by atoms with Crippen LogP contribution < -0.4 is 4.74 Å². The fourth-order valence-corrected chi connectivity index (χ4v) is 1.94. The van der Waals surface area contributed by atoms with Gasteiger partial charge in [-0.2, -0.15) is 0 Å². The van der Waals surface area contributed by atoms with Gasteiger partial charge in [-0.15, -0.1) is 0 Å². The van der Waals surface area contributed by atoms with Gasteiger partial charge in [0.2, 0.25) is 0 Å². The van der Waals surface area contributed by atoms with Crippen molar-refractivity contribution >= 4 is 22.2 Å². The van der Waals surface area contributed by atoms with Gasteiger partial charge >= 0.3 is 0 Å². The lowest BCUT2D eigenvalue weighted by Crippen LogP contribution is -1.97. The lowest BCUT2D eigenvalue weighted by molar-refractivity contribution is 0.112. The SMILES string of the molecule is O=Cc1cccc(OCc2ccccc2)c1Br. The van der Waals surface area contributed by atoms with Crippen molar-refractivity contribution < 1.29 is 9.53 Å². The van der Waals surface area contributed by atoms with Crippen molar-refractivity contribution in [1.29, 1.82) is 0 Å². The quantitative estimate of drug-likeness (QED) is 0.800. The van der Waals surface area contributed by atoms with Gasteiger partial charge in [0.15, 0.2) is 6.29 Å². The zero-order chi connectivity index (χ0) is 12.1. The average Bonchev–Trinajstić information content (AvgIpc) is 2.39. The van der Waals surface area contributed by atoms with Crippen molar-refractivity contribution in [2.75, 3.05) is 0 Å². The summed E-state index contributed by atoms with van der Waals surface area (Å²) in [6.07, 6.45) is 0.805. The van der Waals surface area contributed by atoms with Gasteiger partial charge in [-0.3, -0.25) is 4.79 Å². The van der Waals surface area contributed by atoms with E-state index in [1.165, 1.54) is 0 Å². The molecular weight excluding hydrogens is 280 g/mol. The fraction of sp³-hybridized carbons (Fsp3) is 0.0714. The number of aldehydes is 1. The molecule has 2 nitrogen and oxygen atoms in total. The standard InChI is InChI=1S/C14H11BrO2/c15-14-12(9-16)7-4-8-13(14)17-10-11-5-2-1-3-6-11/h1-9H,10H2. The zero-order valence-electron chi connectivity index (χ0n) is 9.10. The van der Waals surface area contributed by atoms with Gasteiger partial charge < -0.3 is 4.74 Å². The Morgan fingerprint density at radius 1 is 1.06 bits per heavy atom. The van der Waals surface area contributed by atoms with E-state index in [0.29, 0.717) is 22.4 Å². The highest BCUT2D eigenvalue weighted by Gasteiger charge is 2.05. The molecular formula is C14H11BrO2. The smallest absolute Gasteiger partial charge is 0.151 e. The minimum Gasteiger partial charge on any atom is -0.488 e. The number of hydrogen-bond donors (Lipinski definition) is 0. The van der Waals surface area contributed by atoms with Gasteiger partial charge in [-0.05, 0) is 27.6 Å². The monoisotopic (exact) mass is 290 g/mol. The van der Waals surface area contributed by atoms with Gasteiger partial charge in [-0.1, -0.05) is 42.5 Å².